The van der Waals surface area contributed by atoms with Crippen LogP contribution in [-0.2, 0) is 6.54 Å². The van der Waals surface area contributed by atoms with Gasteiger partial charge in [0.25, 0.3) is 0 Å². The van der Waals surface area contributed by atoms with E-state index < -0.39 is 0 Å². The molecule has 2 N–H and O–H groups in total. The van der Waals surface area contributed by atoms with E-state index in [-0.39, 0.29) is 12.4 Å². The monoisotopic (exact) mass is 250 g/mol. The molecule has 0 radical (unpaired) electrons. The fraction of sp³-hybridized carbons (Fsp3) is 0.600. The van der Waals surface area contributed by atoms with Crippen LogP contribution in [0.25, 0.3) is 0 Å². The minimum atomic E-state index is -0.189. The van der Waals surface area contributed by atoms with Gasteiger partial charge in [0, 0.05) is 31.4 Å². The summed E-state index contributed by atoms with van der Waals surface area (Å²) in [7, 11) is 2.04. The molecule has 0 aliphatic heterocycles. The first-order valence-corrected chi connectivity index (χ1v) is 6.91. The van der Waals surface area contributed by atoms with Gasteiger partial charge in [-0.25, -0.2) is 4.39 Å². The summed E-state index contributed by atoms with van der Waals surface area (Å²) in [6, 6.07) is 5.22. The normalized spacial score (nSPS) is 16.8. The molecule has 0 atom stereocenters. The van der Waals surface area contributed by atoms with E-state index >= 15 is 0 Å². The Labute approximate surface area is 109 Å². The van der Waals surface area contributed by atoms with Gasteiger partial charge >= 0.3 is 0 Å². The van der Waals surface area contributed by atoms with Crippen LogP contribution >= 0.6 is 0 Å². The third-order valence-corrected chi connectivity index (χ3v) is 3.97. The number of anilines is 1. The summed E-state index contributed by atoms with van der Waals surface area (Å²) in [6.45, 7) is 1.27. The highest BCUT2D eigenvalue weighted by atomic mass is 19.1. The molecule has 1 saturated carbocycles. The first-order valence-electron chi connectivity index (χ1n) is 6.91. The number of hydrogen-bond acceptors (Lipinski definition) is 2. The van der Waals surface area contributed by atoms with Gasteiger partial charge in [0.1, 0.15) is 5.82 Å². The van der Waals surface area contributed by atoms with Crippen LogP contribution in [-0.4, -0.2) is 13.6 Å². The molecule has 1 fully saturated rings. The number of nitrogens with zero attached hydrogens (tertiary/aromatic N) is 1. The molecule has 0 unspecified atom stereocenters. The maximum Gasteiger partial charge on any atom is 0.129 e. The van der Waals surface area contributed by atoms with E-state index in [0.29, 0.717) is 5.56 Å². The average Bonchev–Trinajstić information content (AvgIpc) is 2.39. The van der Waals surface area contributed by atoms with Gasteiger partial charge in [-0.3, -0.25) is 0 Å². The van der Waals surface area contributed by atoms with Crippen molar-refractivity contribution in [2.75, 3.05) is 18.5 Å². The number of rotatable bonds is 4. The predicted molar refractivity (Wildman–Crippen MR) is 74.1 cm³/mol. The van der Waals surface area contributed by atoms with E-state index in [4.69, 9.17) is 5.73 Å². The quantitative estimate of drug-likeness (QED) is 0.888. The molecule has 0 aromatic heterocycles. The first kappa shape index (κ1) is 13.3. The molecule has 0 spiro atoms. The minimum absolute atomic E-state index is 0.189. The van der Waals surface area contributed by atoms with E-state index in [2.05, 4.69) is 4.90 Å². The van der Waals surface area contributed by atoms with Crippen molar-refractivity contribution >= 4 is 5.69 Å². The fourth-order valence-corrected chi connectivity index (χ4v) is 2.96. The van der Waals surface area contributed by atoms with E-state index in [1.54, 1.807) is 6.07 Å². The highest BCUT2D eigenvalue weighted by Gasteiger charge is 2.17. The van der Waals surface area contributed by atoms with Crippen molar-refractivity contribution in [2.24, 2.45) is 11.7 Å². The van der Waals surface area contributed by atoms with Gasteiger partial charge in [-0.1, -0.05) is 25.3 Å². The SMILES string of the molecule is CN(CC1CCCCC1)c1cccc(F)c1CN. The molecule has 2 rings (SSSR count). The molecule has 1 aliphatic carbocycles. The number of hydrogen-bond donors (Lipinski definition) is 1. The molecule has 1 aliphatic rings. The summed E-state index contributed by atoms with van der Waals surface area (Å²) in [5, 5.41) is 0. The molecular weight excluding hydrogens is 227 g/mol. The lowest BCUT2D eigenvalue weighted by Crippen LogP contribution is -2.28. The summed E-state index contributed by atoms with van der Waals surface area (Å²) in [5.74, 6) is 0.558. The van der Waals surface area contributed by atoms with Crippen molar-refractivity contribution in [2.45, 2.75) is 38.6 Å². The largest absolute Gasteiger partial charge is 0.374 e. The zero-order chi connectivity index (χ0) is 13.0. The van der Waals surface area contributed by atoms with Crippen LogP contribution in [0.5, 0.6) is 0 Å². The van der Waals surface area contributed by atoms with Gasteiger partial charge in [0.05, 0.1) is 0 Å². The maximum atomic E-state index is 13.7. The van der Waals surface area contributed by atoms with Crippen molar-refractivity contribution in [1.82, 2.24) is 0 Å². The van der Waals surface area contributed by atoms with Crippen LogP contribution in [0.1, 0.15) is 37.7 Å². The average molecular weight is 250 g/mol. The smallest absolute Gasteiger partial charge is 0.129 e. The van der Waals surface area contributed by atoms with Crippen LogP contribution in [0, 0.1) is 11.7 Å². The Morgan fingerprint density at radius 2 is 2.00 bits per heavy atom. The molecule has 2 nitrogen and oxygen atoms in total. The van der Waals surface area contributed by atoms with Gasteiger partial charge in [0.15, 0.2) is 0 Å². The second-order valence-electron chi connectivity index (χ2n) is 5.33. The van der Waals surface area contributed by atoms with Crippen molar-refractivity contribution in [3.63, 3.8) is 0 Å². The summed E-state index contributed by atoms with van der Waals surface area (Å²) < 4.78 is 13.7. The Balaban J connectivity index is 2.07. The Bertz CT molecular complexity index is 386. The third-order valence-electron chi connectivity index (χ3n) is 3.97. The predicted octanol–water partition coefficient (Wildman–Crippen LogP) is 3.30. The van der Waals surface area contributed by atoms with Crippen LogP contribution in [0.4, 0.5) is 10.1 Å². The van der Waals surface area contributed by atoms with Gasteiger partial charge in [0.2, 0.25) is 0 Å². The minimum Gasteiger partial charge on any atom is -0.374 e. The van der Waals surface area contributed by atoms with E-state index in [0.717, 1.165) is 18.2 Å². The Morgan fingerprint density at radius 1 is 1.28 bits per heavy atom. The van der Waals surface area contributed by atoms with Gasteiger partial charge < -0.3 is 10.6 Å². The maximum absolute atomic E-state index is 13.7. The van der Waals surface area contributed by atoms with Crippen molar-refractivity contribution in [3.05, 3.63) is 29.6 Å². The molecule has 1 aromatic carbocycles. The molecule has 18 heavy (non-hydrogen) atoms. The first-order chi connectivity index (χ1) is 8.72. The zero-order valence-electron chi connectivity index (χ0n) is 11.2. The van der Waals surface area contributed by atoms with Crippen molar-refractivity contribution in [1.29, 1.82) is 0 Å². The van der Waals surface area contributed by atoms with Crippen LogP contribution in [0.3, 0.4) is 0 Å². The number of benzene rings is 1. The topological polar surface area (TPSA) is 29.3 Å². The zero-order valence-corrected chi connectivity index (χ0v) is 11.2. The summed E-state index contributed by atoms with van der Waals surface area (Å²) in [4.78, 5) is 2.17. The number of nitrogens with two attached hydrogens (primary N) is 1. The molecule has 0 bridgehead atoms. The van der Waals surface area contributed by atoms with Crippen LogP contribution < -0.4 is 10.6 Å². The number of halogens is 1. The highest BCUT2D eigenvalue weighted by Crippen LogP contribution is 2.28. The molecule has 3 heteroatoms. The standard InChI is InChI=1S/C15H23FN2/c1-18(11-12-6-3-2-4-7-12)15-9-5-8-14(16)13(15)10-17/h5,8-9,12H,2-4,6-7,10-11,17H2,1H3. The molecule has 1 aromatic rings. The summed E-state index contributed by atoms with van der Waals surface area (Å²) in [6.07, 6.45) is 6.65. The lowest BCUT2D eigenvalue weighted by Gasteiger charge is -2.29. The fourth-order valence-electron chi connectivity index (χ4n) is 2.96. The Kier molecular flexibility index (Phi) is 4.59. The molecule has 0 saturated heterocycles. The highest BCUT2D eigenvalue weighted by molar-refractivity contribution is 5.53. The van der Waals surface area contributed by atoms with Crippen LogP contribution in [0.2, 0.25) is 0 Å². The molecule has 0 heterocycles. The van der Waals surface area contributed by atoms with E-state index in [1.165, 1.54) is 38.2 Å². The Hall–Kier alpha value is -1.09. The second kappa shape index (κ2) is 6.19. The third kappa shape index (κ3) is 3.02. The Morgan fingerprint density at radius 3 is 2.67 bits per heavy atom. The lowest BCUT2D eigenvalue weighted by molar-refractivity contribution is 0.362. The van der Waals surface area contributed by atoms with Crippen molar-refractivity contribution in [3.8, 4) is 0 Å². The van der Waals surface area contributed by atoms with Crippen molar-refractivity contribution < 1.29 is 4.39 Å². The van der Waals surface area contributed by atoms with Crippen LogP contribution in [0.15, 0.2) is 18.2 Å². The molecule has 100 valence electrons. The second-order valence-corrected chi connectivity index (χ2v) is 5.33. The van der Waals surface area contributed by atoms with Gasteiger partial charge in [-0.15, -0.1) is 0 Å². The van der Waals surface area contributed by atoms with E-state index in [9.17, 15) is 4.39 Å². The van der Waals surface area contributed by atoms with E-state index in [1.807, 2.05) is 13.1 Å². The molecular formula is C15H23FN2. The van der Waals surface area contributed by atoms with Gasteiger partial charge in [-0.2, -0.15) is 0 Å². The molecule has 0 amide bonds. The lowest BCUT2D eigenvalue weighted by atomic mass is 9.89. The summed E-state index contributed by atoms with van der Waals surface area (Å²) >= 11 is 0. The summed E-state index contributed by atoms with van der Waals surface area (Å²) in [5.41, 5.74) is 7.24. The van der Waals surface area contributed by atoms with Gasteiger partial charge in [-0.05, 0) is 30.9 Å².